The van der Waals surface area contributed by atoms with Gasteiger partial charge in [-0.15, -0.1) is 0 Å². The molecule has 0 saturated heterocycles. The first-order valence-corrected chi connectivity index (χ1v) is 13.6. The van der Waals surface area contributed by atoms with E-state index in [4.69, 9.17) is 4.74 Å². The molecule has 1 aliphatic carbocycles. The number of halogens is 1. The Bertz CT molecular complexity index is 881. The van der Waals surface area contributed by atoms with Crippen molar-refractivity contribution >= 4 is 22.6 Å². The van der Waals surface area contributed by atoms with Gasteiger partial charge in [0.25, 0.3) is 0 Å². The minimum absolute atomic E-state index is 0.0180. The molecule has 0 spiro atoms. The Morgan fingerprint density at radius 3 is 1.67 bits per heavy atom. The van der Waals surface area contributed by atoms with E-state index in [1.807, 2.05) is 0 Å². The van der Waals surface area contributed by atoms with E-state index in [1.165, 1.54) is 55.2 Å². The largest absolute Gasteiger partial charge is 0.353 e. The number of hydrogen-bond acceptors (Lipinski definition) is 1. The number of rotatable bonds is 9. The second-order valence-electron chi connectivity index (χ2n) is 9.40. The summed E-state index contributed by atoms with van der Waals surface area (Å²) < 4.78 is 9.48. The summed E-state index contributed by atoms with van der Waals surface area (Å²) in [6.07, 6.45) is 10.4. The molecule has 3 aromatic carbocycles. The van der Waals surface area contributed by atoms with Crippen molar-refractivity contribution in [3.8, 4) is 0 Å². The summed E-state index contributed by atoms with van der Waals surface area (Å²) in [5, 5.41) is 0. The van der Waals surface area contributed by atoms with Crippen LogP contribution in [0.1, 0.15) is 62.1 Å². The zero-order valence-corrected chi connectivity index (χ0v) is 21.7. The molecule has 172 valence electrons. The zero-order chi connectivity index (χ0) is 22.9. The van der Waals surface area contributed by atoms with Gasteiger partial charge in [0.05, 0.1) is 6.10 Å². The van der Waals surface area contributed by atoms with Crippen LogP contribution in [0.2, 0.25) is 0 Å². The summed E-state index contributed by atoms with van der Waals surface area (Å²) in [6, 6.07) is 32.2. The lowest BCUT2D eigenvalue weighted by molar-refractivity contribution is -0.0515. The first-order chi connectivity index (χ1) is 16.2. The highest BCUT2D eigenvalue weighted by Gasteiger charge is 2.40. The van der Waals surface area contributed by atoms with Crippen LogP contribution in [0.25, 0.3) is 0 Å². The summed E-state index contributed by atoms with van der Waals surface area (Å²) in [6.45, 7) is 2.38. The van der Waals surface area contributed by atoms with Crippen molar-refractivity contribution in [2.45, 2.75) is 57.2 Å². The van der Waals surface area contributed by atoms with E-state index in [0.717, 1.165) is 5.92 Å². The Balaban J connectivity index is 1.79. The van der Waals surface area contributed by atoms with Gasteiger partial charge < -0.3 is 4.74 Å². The molecule has 1 aliphatic rings. The fourth-order valence-corrected chi connectivity index (χ4v) is 5.84. The maximum Gasteiger partial charge on any atom is 0.144 e. The Labute approximate surface area is 213 Å². The van der Waals surface area contributed by atoms with Gasteiger partial charge in [0.15, 0.2) is 0 Å². The molecule has 2 unspecified atom stereocenters. The van der Waals surface area contributed by atoms with Gasteiger partial charge in [-0.25, -0.2) is 0 Å². The Hall–Kier alpha value is -1.91. The Kier molecular flexibility index (Phi) is 8.80. The second kappa shape index (κ2) is 12.0. The number of benzene rings is 3. The topological polar surface area (TPSA) is 9.23 Å². The quantitative estimate of drug-likeness (QED) is 0.191. The normalized spacial score (nSPS) is 17.2. The summed E-state index contributed by atoms with van der Waals surface area (Å²) in [5.41, 5.74) is 2.82. The van der Waals surface area contributed by atoms with Gasteiger partial charge in [-0.3, -0.25) is 0 Å². The maximum absolute atomic E-state index is 7.35. The molecule has 1 fully saturated rings. The van der Waals surface area contributed by atoms with Gasteiger partial charge in [-0.1, -0.05) is 153 Å². The summed E-state index contributed by atoms with van der Waals surface area (Å²) in [7, 11) is 0. The predicted octanol–water partition coefficient (Wildman–Crippen LogP) is 8.92. The third-order valence-corrected chi connectivity index (χ3v) is 7.52. The Morgan fingerprint density at radius 2 is 1.24 bits per heavy atom. The van der Waals surface area contributed by atoms with Crippen LogP contribution in [0.5, 0.6) is 0 Å². The van der Waals surface area contributed by atoms with E-state index in [0.29, 0.717) is 5.92 Å². The number of hydrogen-bond donors (Lipinski definition) is 0. The molecule has 2 heteroatoms. The van der Waals surface area contributed by atoms with E-state index < -0.39 is 5.60 Å². The first-order valence-electron chi connectivity index (χ1n) is 12.4. The molecular formula is C31H35IO. The van der Waals surface area contributed by atoms with Crippen molar-refractivity contribution in [2.24, 2.45) is 11.8 Å². The van der Waals surface area contributed by atoms with Crippen LogP contribution in [0.4, 0.5) is 0 Å². The van der Waals surface area contributed by atoms with Crippen LogP contribution in [-0.2, 0) is 10.3 Å². The van der Waals surface area contributed by atoms with E-state index in [1.54, 1.807) is 0 Å². The minimum atomic E-state index is -0.675. The molecule has 33 heavy (non-hydrogen) atoms. The molecule has 0 aliphatic heterocycles. The molecule has 0 amide bonds. The second-order valence-corrected chi connectivity index (χ2v) is 10.1. The predicted molar refractivity (Wildman–Crippen MR) is 148 cm³/mol. The standard InChI is InChI=1S/C31H35IO/c1-25(24-26-14-6-2-7-15-26)30(22-23-32)33-31(27-16-8-3-9-17-27,28-18-10-4-11-19-28)29-20-12-5-13-21-29/h3-5,8-13,16-23,25-26,30H,2,6-7,14-15,24H2,1H3/b23-22+. The lowest BCUT2D eigenvalue weighted by atomic mass is 9.78. The van der Waals surface area contributed by atoms with Crippen molar-refractivity contribution in [2.75, 3.05) is 0 Å². The summed E-state index contributed by atoms with van der Waals surface area (Å²) in [4.78, 5) is 0. The van der Waals surface area contributed by atoms with Crippen LogP contribution >= 0.6 is 22.6 Å². The van der Waals surface area contributed by atoms with Crippen molar-refractivity contribution in [1.29, 1.82) is 0 Å². The Morgan fingerprint density at radius 1 is 0.788 bits per heavy atom. The molecule has 0 bridgehead atoms. The van der Waals surface area contributed by atoms with Gasteiger partial charge in [0.1, 0.15) is 5.60 Å². The molecule has 3 aromatic rings. The van der Waals surface area contributed by atoms with Crippen molar-refractivity contribution in [3.05, 3.63) is 118 Å². The average molecular weight is 551 g/mol. The highest BCUT2D eigenvalue weighted by Crippen LogP contribution is 2.43. The van der Waals surface area contributed by atoms with Crippen LogP contribution in [0.15, 0.2) is 101 Å². The molecule has 1 saturated carbocycles. The van der Waals surface area contributed by atoms with Gasteiger partial charge in [-0.2, -0.15) is 0 Å². The maximum atomic E-state index is 7.35. The van der Waals surface area contributed by atoms with Crippen LogP contribution in [0.3, 0.4) is 0 Å². The number of ether oxygens (including phenoxy) is 1. The molecule has 0 N–H and O–H groups in total. The molecule has 1 nitrogen and oxygen atoms in total. The van der Waals surface area contributed by atoms with E-state index in [2.05, 4.69) is 131 Å². The van der Waals surface area contributed by atoms with Crippen molar-refractivity contribution in [1.82, 2.24) is 0 Å². The summed E-state index contributed by atoms with van der Waals surface area (Å²) in [5.74, 6) is 1.26. The molecule has 2 atom stereocenters. The zero-order valence-electron chi connectivity index (χ0n) is 19.6. The monoisotopic (exact) mass is 550 g/mol. The van der Waals surface area contributed by atoms with Crippen molar-refractivity contribution in [3.63, 3.8) is 0 Å². The fraction of sp³-hybridized carbons (Fsp3) is 0.355. The lowest BCUT2D eigenvalue weighted by Crippen LogP contribution is -2.39. The van der Waals surface area contributed by atoms with Crippen LogP contribution in [-0.4, -0.2) is 6.10 Å². The minimum Gasteiger partial charge on any atom is -0.353 e. The summed E-state index contributed by atoms with van der Waals surface area (Å²) >= 11 is 2.34. The first kappa shape index (κ1) is 24.2. The third-order valence-electron chi connectivity index (χ3n) is 7.11. The molecule has 0 radical (unpaired) electrons. The van der Waals surface area contributed by atoms with Gasteiger partial charge in [0, 0.05) is 0 Å². The van der Waals surface area contributed by atoms with Gasteiger partial charge in [-0.05, 0) is 45.1 Å². The molecule has 0 heterocycles. The van der Waals surface area contributed by atoms with E-state index in [9.17, 15) is 0 Å². The molecular weight excluding hydrogens is 515 g/mol. The highest BCUT2D eigenvalue weighted by molar-refractivity contribution is 14.1. The highest BCUT2D eigenvalue weighted by atomic mass is 127. The van der Waals surface area contributed by atoms with Crippen LogP contribution in [0, 0.1) is 11.8 Å². The molecule has 0 aromatic heterocycles. The SMILES string of the molecule is CC(CC1CCCCC1)C(/C=C/I)OC(c1ccccc1)(c1ccccc1)c1ccccc1. The van der Waals surface area contributed by atoms with Crippen LogP contribution < -0.4 is 0 Å². The van der Waals surface area contributed by atoms with E-state index in [-0.39, 0.29) is 6.10 Å². The lowest BCUT2D eigenvalue weighted by Gasteiger charge is -2.40. The van der Waals surface area contributed by atoms with Gasteiger partial charge >= 0.3 is 0 Å². The van der Waals surface area contributed by atoms with E-state index >= 15 is 0 Å². The molecule has 4 rings (SSSR count). The smallest absolute Gasteiger partial charge is 0.144 e. The van der Waals surface area contributed by atoms with Gasteiger partial charge in [0.2, 0.25) is 0 Å². The van der Waals surface area contributed by atoms with Crippen molar-refractivity contribution < 1.29 is 4.74 Å². The fourth-order valence-electron chi connectivity index (χ4n) is 5.43. The third kappa shape index (κ3) is 5.78. The average Bonchev–Trinajstić information content (AvgIpc) is 2.89.